The summed E-state index contributed by atoms with van der Waals surface area (Å²) >= 11 is 0. The predicted molar refractivity (Wildman–Crippen MR) is 98.1 cm³/mol. The molecule has 3 N–H and O–H groups in total. The fourth-order valence-corrected chi connectivity index (χ4v) is 3.11. The molecule has 1 saturated carbocycles. The molecule has 134 valence electrons. The standard InChI is InChI=1S/C19H26BNO4/c1-17(2)18(3,4)25-20(24-17)15(12-21)11-13-6-5-7-14(10-13)19(8-9-19)16(22)23/h5-7,10-11H,8-9,12,21H2,1-4H3,(H,22,23). The van der Waals surface area contributed by atoms with E-state index < -0.39 is 29.7 Å². The van der Waals surface area contributed by atoms with Gasteiger partial charge >= 0.3 is 13.1 Å². The summed E-state index contributed by atoms with van der Waals surface area (Å²) in [7, 11) is -0.493. The van der Waals surface area contributed by atoms with E-state index >= 15 is 0 Å². The topological polar surface area (TPSA) is 81.8 Å². The zero-order valence-electron chi connectivity index (χ0n) is 15.3. The largest absolute Gasteiger partial charge is 0.491 e. The third kappa shape index (κ3) is 3.14. The van der Waals surface area contributed by atoms with E-state index in [0.717, 1.165) is 16.6 Å². The van der Waals surface area contributed by atoms with E-state index in [9.17, 15) is 9.90 Å². The van der Waals surface area contributed by atoms with Crippen molar-refractivity contribution in [1.82, 2.24) is 0 Å². The first-order chi connectivity index (χ1) is 11.6. The maximum Gasteiger partial charge on any atom is 0.491 e. The minimum atomic E-state index is -0.751. The molecule has 1 heterocycles. The monoisotopic (exact) mass is 343 g/mol. The van der Waals surface area contributed by atoms with Gasteiger partial charge in [-0.25, -0.2) is 0 Å². The molecular weight excluding hydrogens is 317 g/mol. The Bertz CT molecular complexity index is 706. The zero-order valence-corrected chi connectivity index (χ0v) is 15.3. The zero-order chi connectivity index (χ0) is 18.5. The summed E-state index contributed by atoms with van der Waals surface area (Å²) in [5.74, 6) is -0.751. The van der Waals surface area contributed by atoms with E-state index in [2.05, 4.69) is 0 Å². The first kappa shape index (κ1) is 18.2. The van der Waals surface area contributed by atoms with E-state index in [4.69, 9.17) is 15.0 Å². The lowest BCUT2D eigenvalue weighted by molar-refractivity contribution is -0.140. The van der Waals surface area contributed by atoms with Gasteiger partial charge < -0.3 is 20.1 Å². The number of carboxylic acids is 1. The van der Waals surface area contributed by atoms with Gasteiger partial charge in [0.15, 0.2) is 0 Å². The Labute approximate surface area is 149 Å². The van der Waals surface area contributed by atoms with Gasteiger partial charge in [0, 0.05) is 6.54 Å². The van der Waals surface area contributed by atoms with Crippen LogP contribution in [0.4, 0.5) is 0 Å². The van der Waals surface area contributed by atoms with Crippen molar-refractivity contribution >= 4 is 19.2 Å². The maximum atomic E-state index is 11.6. The Morgan fingerprint density at radius 2 is 1.84 bits per heavy atom. The SMILES string of the molecule is CC1(C)OB(C(=Cc2cccc(C3(C(=O)O)CC3)c2)CN)OC1(C)C. The molecule has 0 radical (unpaired) electrons. The van der Waals surface area contributed by atoms with Crippen LogP contribution >= 0.6 is 0 Å². The van der Waals surface area contributed by atoms with Gasteiger partial charge in [-0.3, -0.25) is 4.79 Å². The molecule has 3 rings (SSSR count). The van der Waals surface area contributed by atoms with E-state index in [1.54, 1.807) is 0 Å². The van der Waals surface area contributed by atoms with Crippen LogP contribution in [-0.4, -0.2) is 35.9 Å². The molecule has 1 aromatic carbocycles. The van der Waals surface area contributed by atoms with Crippen LogP contribution in [0.25, 0.3) is 6.08 Å². The number of carboxylic acid groups (broad SMARTS) is 1. The van der Waals surface area contributed by atoms with Gasteiger partial charge in [-0.05, 0) is 57.1 Å². The lowest BCUT2D eigenvalue weighted by atomic mass is 9.77. The Hall–Kier alpha value is -1.63. The smallest absolute Gasteiger partial charge is 0.481 e. The molecule has 0 bridgehead atoms. The van der Waals surface area contributed by atoms with Crippen LogP contribution < -0.4 is 5.73 Å². The summed E-state index contributed by atoms with van der Waals surface area (Å²) in [5, 5.41) is 9.49. The van der Waals surface area contributed by atoms with Crippen LogP contribution in [-0.2, 0) is 19.5 Å². The number of hydrogen-bond acceptors (Lipinski definition) is 4. The van der Waals surface area contributed by atoms with Crippen molar-refractivity contribution in [2.45, 2.75) is 57.2 Å². The maximum absolute atomic E-state index is 11.6. The lowest BCUT2D eigenvalue weighted by Crippen LogP contribution is -2.41. The Kier molecular flexibility index (Phi) is 4.34. The molecule has 0 amide bonds. The number of hydrogen-bond donors (Lipinski definition) is 2. The number of benzene rings is 1. The predicted octanol–water partition coefficient (Wildman–Crippen LogP) is 2.78. The van der Waals surface area contributed by atoms with Gasteiger partial charge in [0.2, 0.25) is 0 Å². The number of aliphatic carboxylic acids is 1. The minimum Gasteiger partial charge on any atom is -0.481 e. The summed E-state index contributed by atoms with van der Waals surface area (Å²) in [5.41, 5.74) is 6.99. The van der Waals surface area contributed by atoms with E-state index in [1.807, 2.05) is 58.0 Å². The fourth-order valence-electron chi connectivity index (χ4n) is 3.11. The molecule has 1 saturated heterocycles. The fraction of sp³-hybridized carbons (Fsp3) is 0.526. The minimum absolute atomic E-state index is 0.311. The van der Waals surface area contributed by atoms with E-state index in [0.29, 0.717) is 19.4 Å². The van der Waals surface area contributed by atoms with Crippen LogP contribution in [0.1, 0.15) is 51.7 Å². The molecule has 1 aromatic rings. The highest BCUT2D eigenvalue weighted by Crippen LogP contribution is 2.48. The summed E-state index contributed by atoms with van der Waals surface area (Å²) in [6, 6.07) is 7.66. The first-order valence-electron chi connectivity index (χ1n) is 8.71. The van der Waals surface area contributed by atoms with Crippen molar-refractivity contribution in [3.05, 3.63) is 40.9 Å². The van der Waals surface area contributed by atoms with Crippen molar-refractivity contribution < 1.29 is 19.2 Å². The van der Waals surface area contributed by atoms with Gasteiger partial charge in [0.1, 0.15) is 0 Å². The highest BCUT2D eigenvalue weighted by molar-refractivity contribution is 6.55. The molecule has 0 unspecified atom stereocenters. The summed E-state index contributed by atoms with van der Waals surface area (Å²) in [6.45, 7) is 8.33. The van der Waals surface area contributed by atoms with Gasteiger partial charge in [-0.15, -0.1) is 0 Å². The van der Waals surface area contributed by atoms with E-state index in [1.165, 1.54) is 0 Å². The molecular formula is C19H26BNO4. The summed E-state index contributed by atoms with van der Waals surface area (Å²) < 4.78 is 12.1. The lowest BCUT2D eigenvalue weighted by Gasteiger charge is -2.32. The molecule has 6 heteroatoms. The second-order valence-electron chi connectivity index (χ2n) is 8.02. The molecule has 0 aromatic heterocycles. The Balaban J connectivity index is 1.88. The number of carbonyl (C=O) groups is 1. The van der Waals surface area contributed by atoms with Gasteiger partial charge in [0.05, 0.1) is 16.6 Å². The molecule has 1 aliphatic heterocycles. The van der Waals surface area contributed by atoms with Crippen molar-refractivity contribution in [3.63, 3.8) is 0 Å². The molecule has 5 nitrogen and oxygen atoms in total. The second-order valence-corrected chi connectivity index (χ2v) is 8.02. The van der Waals surface area contributed by atoms with Gasteiger partial charge in [-0.1, -0.05) is 30.3 Å². The van der Waals surface area contributed by atoms with Crippen LogP contribution in [0.5, 0.6) is 0 Å². The quantitative estimate of drug-likeness (QED) is 0.804. The van der Waals surface area contributed by atoms with Crippen molar-refractivity contribution in [2.75, 3.05) is 6.54 Å². The molecule has 2 fully saturated rings. The van der Waals surface area contributed by atoms with Crippen LogP contribution in [0, 0.1) is 0 Å². The third-order valence-corrected chi connectivity index (χ3v) is 5.74. The molecule has 0 spiro atoms. The number of nitrogens with two attached hydrogens (primary N) is 1. The molecule has 0 atom stereocenters. The highest BCUT2D eigenvalue weighted by Gasteiger charge is 2.53. The normalized spacial score (nSPS) is 23.6. The van der Waals surface area contributed by atoms with Crippen molar-refractivity contribution in [1.29, 1.82) is 0 Å². The van der Waals surface area contributed by atoms with Crippen LogP contribution in [0.15, 0.2) is 29.7 Å². The summed E-state index contributed by atoms with van der Waals surface area (Å²) in [6.07, 6.45) is 3.33. The van der Waals surface area contributed by atoms with Crippen LogP contribution in [0.3, 0.4) is 0 Å². The van der Waals surface area contributed by atoms with Crippen LogP contribution in [0.2, 0.25) is 0 Å². The molecule has 1 aliphatic carbocycles. The molecule has 25 heavy (non-hydrogen) atoms. The third-order valence-electron chi connectivity index (χ3n) is 5.74. The van der Waals surface area contributed by atoms with Crippen molar-refractivity contribution in [3.8, 4) is 0 Å². The van der Waals surface area contributed by atoms with Gasteiger partial charge in [-0.2, -0.15) is 0 Å². The number of rotatable bonds is 5. The first-order valence-corrected chi connectivity index (χ1v) is 8.71. The van der Waals surface area contributed by atoms with E-state index in [-0.39, 0.29) is 0 Å². The average molecular weight is 343 g/mol. The van der Waals surface area contributed by atoms with Crippen molar-refractivity contribution in [2.24, 2.45) is 5.73 Å². The summed E-state index contributed by atoms with van der Waals surface area (Å²) in [4.78, 5) is 11.6. The average Bonchev–Trinajstić information content (AvgIpc) is 3.29. The Morgan fingerprint density at radius 3 is 2.32 bits per heavy atom. The molecule has 2 aliphatic rings. The highest BCUT2D eigenvalue weighted by atomic mass is 16.7. The van der Waals surface area contributed by atoms with Gasteiger partial charge in [0.25, 0.3) is 0 Å². The second kappa shape index (κ2) is 5.97. The Morgan fingerprint density at radius 1 is 1.24 bits per heavy atom.